The molecule has 0 aromatic heterocycles. The fourth-order valence-corrected chi connectivity index (χ4v) is 5.34. The first-order chi connectivity index (χ1) is 17.4. The minimum Gasteiger partial charge on any atom is -0.484 e. The highest BCUT2D eigenvalue weighted by Crippen LogP contribution is 2.32. The van der Waals surface area contributed by atoms with Crippen LogP contribution in [-0.2, 0) is 14.4 Å². The average molecular weight is 492 g/mol. The number of rotatable bonds is 5. The van der Waals surface area contributed by atoms with Gasteiger partial charge in [-0.1, -0.05) is 35.9 Å². The van der Waals surface area contributed by atoms with Crippen LogP contribution in [-0.4, -0.2) is 91.4 Å². The van der Waals surface area contributed by atoms with Crippen molar-refractivity contribution < 1.29 is 19.1 Å². The number of amides is 3. The summed E-state index contributed by atoms with van der Waals surface area (Å²) in [6.07, 6.45) is 0. The number of anilines is 1. The van der Waals surface area contributed by atoms with Crippen LogP contribution in [0.5, 0.6) is 5.75 Å². The minimum atomic E-state index is -0.335. The SMILES string of the molecule is Cc1ccc(OCC(=O)N2CCN(C(=O)C3CN(C)CC4C(=O)N(c5ccccc5)NC34)CC2)cc1. The van der Waals surface area contributed by atoms with Crippen LogP contribution in [0.4, 0.5) is 5.69 Å². The molecule has 1 N–H and O–H groups in total. The molecule has 9 heteroatoms. The second kappa shape index (κ2) is 10.3. The zero-order valence-corrected chi connectivity index (χ0v) is 20.8. The number of hydrogen-bond acceptors (Lipinski definition) is 6. The van der Waals surface area contributed by atoms with Gasteiger partial charge in [0.05, 0.1) is 23.6 Å². The van der Waals surface area contributed by atoms with Crippen molar-refractivity contribution in [3.8, 4) is 5.75 Å². The molecule has 3 unspecified atom stereocenters. The Morgan fingerprint density at radius 2 is 1.61 bits per heavy atom. The molecule has 0 saturated carbocycles. The number of fused-ring (bicyclic) bond motifs is 1. The maximum absolute atomic E-state index is 13.6. The van der Waals surface area contributed by atoms with Crippen molar-refractivity contribution in [2.45, 2.75) is 13.0 Å². The van der Waals surface area contributed by atoms with Crippen molar-refractivity contribution in [1.29, 1.82) is 0 Å². The molecule has 9 nitrogen and oxygen atoms in total. The van der Waals surface area contributed by atoms with E-state index in [1.54, 1.807) is 9.91 Å². The van der Waals surface area contributed by atoms with Crippen LogP contribution in [0.2, 0.25) is 0 Å². The van der Waals surface area contributed by atoms with E-state index < -0.39 is 0 Å². The number of carbonyl (C=O) groups is 3. The van der Waals surface area contributed by atoms with Crippen LogP contribution in [0.25, 0.3) is 0 Å². The van der Waals surface area contributed by atoms with Crippen molar-refractivity contribution >= 4 is 23.4 Å². The summed E-state index contributed by atoms with van der Waals surface area (Å²) in [6.45, 7) is 5.09. The van der Waals surface area contributed by atoms with Crippen LogP contribution < -0.4 is 15.2 Å². The lowest BCUT2D eigenvalue weighted by Gasteiger charge is -2.41. The van der Waals surface area contributed by atoms with Crippen LogP contribution in [0, 0.1) is 18.8 Å². The van der Waals surface area contributed by atoms with Crippen LogP contribution in [0.15, 0.2) is 54.6 Å². The van der Waals surface area contributed by atoms with E-state index in [4.69, 9.17) is 4.74 Å². The number of carbonyl (C=O) groups excluding carboxylic acids is 3. The standard InChI is InChI=1S/C27H33N5O4/c1-19-8-10-21(11-9-19)36-18-24(33)30-12-14-31(15-13-30)26(34)22-16-29(2)17-23-25(22)28-32(27(23)35)20-6-4-3-5-7-20/h3-11,22-23,25,28H,12-18H2,1-2H3. The highest BCUT2D eigenvalue weighted by atomic mass is 16.5. The lowest BCUT2D eigenvalue weighted by atomic mass is 9.84. The lowest BCUT2D eigenvalue weighted by Crippen LogP contribution is -2.59. The van der Waals surface area contributed by atoms with Crippen molar-refractivity contribution in [1.82, 2.24) is 20.1 Å². The molecule has 3 amide bonds. The van der Waals surface area contributed by atoms with E-state index in [-0.39, 0.29) is 42.2 Å². The molecule has 190 valence electrons. The van der Waals surface area contributed by atoms with Crippen LogP contribution in [0.3, 0.4) is 0 Å². The largest absolute Gasteiger partial charge is 0.484 e. The van der Waals surface area contributed by atoms with Gasteiger partial charge in [-0.05, 0) is 38.2 Å². The fourth-order valence-electron chi connectivity index (χ4n) is 5.34. The van der Waals surface area contributed by atoms with Gasteiger partial charge < -0.3 is 19.4 Å². The molecular weight excluding hydrogens is 458 g/mol. The summed E-state index contributed by atoms with van der Waals surface area (Å²) in [5, 5.41) is 1.60. The van der Waals surface area contributed by atoms with Gasteiger partial charge >= 0.3 is 0 Å². The van der Waals surface area contributed by atoms with E-state index in [9.17, 15) is 14.4 Å². The number of aryl methyl sites for hydroxylation is 1. The summed E-state index contributed by atoms with van der Waals surface area (Å²) in [4.78, 5) is 45.1. The number of piperazine rings is 1. The predicted molar refractivity (Wildman–Crippen MR) is 135 cm³/mol. The third-order valence-electron chi connectivity index (χ3n) is 7.36. The number of hydrazine groups is 1. The van der Waals surface area contributed by atoms with E-state index in [0.29, 0.717) is 45.0 Å². The normalized spacial score (nSPS) is 24.6. The van der Waals surface area contributed by atoms with E-state index in [2.05, 4.69) is 10.3 Å². The highest BCUT2D eigenvalue weighted by molar-refractivity contribution is 5.98. The van der Waals surface area contributed by atoms with E-state index >= 15 is 0 Å². The van der Waals surface area contributed by atoms with Crippen LogP contribution >= 0.6 is 0 Å². The second-order valence-corrected chi connectivity index (χ2v) is 9.91. The summed E-state index contributed by atoms with van der Waals surface area (Å²) in [7, 11) is 1.96. The summed E-state index contributed by atoms with van der Waals surface area (Å²) < 4.78 is 5.64. The lowest BCUT2D eigenvalue weighted by molar-refractivity contribution is -0.145. The number of para-hydroxylation sites is 1. The summed E-state index contributed by atoms with van der Waals surface area (Å²) in [5.74, 6) is 0.0103. The van der Waals surface area contributed by atoms with Gasteiger partial charge in [0.1, 0.15) is 5.75 Å². The Morgan fingerprint density at radius 1 is 0.944 bits per heavy atom. The van der Waals surface area contributed by atoms with Crippen molar-refractivity contribution in [2.24, 2.45) is 11.8 Å². The molecule has 3 fully saturated rings. The minimum absolute atomic E-state index is 0.000423. The second-order valence-electron chi connectivity index (χ2n) is 9.91. The average Bonchev–Trinajstić information content (AvgIpc) is 3.24. The van der Waals surface area contributed by atoms with Crippen molar-refractivity contribution in [3.63, 3.8) is 0 Å². The fraction of sp³-hybridized carbons (Fsp3) is 0.444. The number of likely N-dealkylation sites (tertiary alicyclic amines) is 1. The summed E-state index contributed by atoms with van der Waals surface area (Å²) in [5.41, 5.74) is 5.26. The van der Waals surface area contributed by atoms with Gasteiger partial charge in [0.25, 0.3) is 5.91 Å². The van der Waals surface area contributed by atoms with Gasteiger partial charge in [-0.15, -0.1) is 0 Å². The van der Waals surface area contributed by atoms with Gasteiger partial charge in [0, 0.05) is 39.3 Å². The first-order valence-electron chi connectivity index (χ1n) is 12.5. The Balaban J connectivity index is 1.18. The molecule has 0 bridgehead atoms. The highest BCUT2D eigenvalue weighted by Gasteiger charge is 2.51. The molecule has 3 aliphatic heterocycles. The van der Waals surface area contributed by atoms with E-state index in [1.165, 1.54) is 0 Å². The third-order valence-corrected chi connectivity index (χ3v) is 7.36. The maximum atomic E-state index is 13.6. The van der Waals surface area contributed by atoms with Crippen LogP contribution in [0.1, 0.15) is 5.56 Å². The predicted octanol–water partition coefficient (Wildman–Crippen LogP) is 1.14. The Morgan fingerprint density at radius 3 is 2.31 bits per heavy atom. The number of nitrogens with zero attached hydrogens (tertiary/aromatic N) is 4. The summed E-state index contributed by atoms with van der Waals surface area (Å²) in [6, 6.07) is 16.8. The van der Waals surface area contributed by atoms with E-state index in [1.807, 2.05) is 73.5 Å². The molecule has 36 heavy (non-hydrogen) atoms. The monoisotopic (exact) mass is 491 g/mol. The molecule has 2 aromatic rings. The Hall–Kier alpha value is -3.43. The molecule has 3 aliphatic rings. The Kier molecular flexibility index (Phi) is 6.93. The maximum Gasteiger partial charge on any atom is 0.260 e. The molecule has 0 aliphatic carbocycles. The summed E-state index contributed by atoms with van der Waals surface area (Å²) >= 11 is 0. The molecule has 0 spiro atoms. The number of ether oxygens (including phenoxy) is 1. The first kappa shape index (κ1) is 24.3. The smallest absolute Gasteiger partial charge is 0.260 e. The first-order valence-corrected chi connectivity index (χ1v) is 12.5. The molecule has 3 heterocycles. The topological polar surface area (TPSA) is 85.4 Å². The quantitative estimate of drug-likeness (QED) is 0.676. The van der Waals surface area contributed by atoms with Crippen molar-refractivity contribution in [2.75, 3.05) is 57.9 Å². The van der Waals surface area contributed by atoms with Gasteiger partial charge in [-0.25, -0.2) is 10.4 Å². The number of hydrogen-bond donors (Lipinski definition) is 1. The molecule has 3 atom stereocenters. The number of benzene rings is 2. The van der Waals surface area contributed by atoms with Gasteiger partial charge in [0.2, 0.25) is 11.8 Å². The van der Waals surface area contributed by atoms with E-state index in [0.717, 1.165) is 11.3 Å². The molecule has 0 radical (unpaired) electrons. The zero-order valence-electron chi connectivity index (χ0n) is 20.8. The van der Waals surface area contributed by atoms with Gasteiger partial charge in [-0.2, -0.15) is 0 Å². The number of nitrogens with one attached hydrogen (secondary N) is 1. The van der Waals surface area contributed by atoms with Crippen molar-refractivity contribution in [3.05, 3.63) is 60.2 Å². The Labute approximate surface area is 211 Å². The Bertz CT molecular complexity index is 1100. The third kappa shape index (κ3) is 4.94. The molecular formula is C27H33N5O4. The van der Waals surface area contributed by atoms with Gasteiger partial charge in [0.15, 0.2) is 6.61 Å². The van der Waals surface area contributed by atoms with Gasteiger partial charge in [-0.3, -0.25) is 14.4 Å². The zero-order chi connectivity index (χ0) is 25.2. The molecule has 5 rings (SSSR count). The number of piperidine rings is 1. The molecule has 3 saturated heterocycles. The molecule has 2 aromatic carbocycles.